The van der Waals surface area contributed by atoms with Gasteiger partial charge < -0.3 is 0 Å². The van der Waals surface area contributed by atoms with Crippen LogP contribution in [0.3, 0.4) is 0 Å². The zero-order valence-corrected chi connectivity index (χ0v) is 15.5. The quantitative estimate of drug-likeness (QED) is 0.469. The maximum atomic E-state index is 2.43. The molecule has 3 heterocycles. The molecule has 0 aliphatic heterocycles. The molecule has 3 aromatic heterocycles. The lowest BCUT2D eigenvalue weighted by atomic mass is 9.89. The summed E-state index contributed by atoms with van der Waals surface area (Å²) < 4.78 is 5.98. The van der Waals surface area contributed by atoms with E-state index in [1.165, 1.54) is 35.0 Å². The van der Waals surface area contributed by atoms with Crippen molar-refractivity contribution in [2.75, 3.05) is 0 Å². The highest BCUT2D eigenvalue weighted by Gasteiger charge is 2.24. The smallest absolute Gasteiger partial charge is 0.0632 e. The van der Waals surface area contributed by atoms with E-state index in [1.54, 1.807) is 0 Å². The van der Waals surface area contributed by atoms with E-state index in [9.17, 15) is 0 Å². The first-order valence-electron chi connectivity index (χ1n) is 7.19. The van der Waals surface area contributed by atoms with Crippen LogP contribution >= 0.6 is 34.0 Å². The molecule has 0 saturated heterocycles. The summed E-state index contributed by atoms with van der Waals surface area (Å²) in [6, 6.07) is 4.83. The molecule has 0 aromatic carbocycles. The van der Waals surface area contributed by atoms with Crippen LogP contribution in [0.2, 0.25) is 0 Å². The second-order valence-electron chi connectivity index (χ2n) is 7.20. The van der Waals surface area contributed by atoms with Crippen LogP contribution in [0, 0.1) is 0 Å². The van der Waals surface area contributed by atoms with Crippen LogP contribution in [0.25, 0.3) is 18.8 Å². The van der Waals surface area contributed by atoms with Gasteiger partial charge in [0.1, 0.15) is 0 Å². The lowest BCUT2D eigenvalue weighted by Crippen LogP contribution is -2.12. The third-order valence-corrected chi connectivity index (χ3v) is 8.68. The monoisotopic (exact) mass is 322 g/mol. The van der Waals surface area contributed by atoms with Crippen molar-refractivity contribution in [3.05, 3.63) is 21.9 Å². The molecule has 0 N–H and O–H groups in total. The highest BCUT2D eigenvalue weighted by molar-refractivity contribution is 7.38. The third kappa shape index (κ3) is 2.24. The second-order valence-corrected chi connectivity index (χ2v) is 10.4. The first kappa shape index (κ1) is 14.6. The van der Waals surface area contributed by atoms with Gasteiger partial charge in [-0.2, -0.15) is 0 Å². The molecule has 0 aliphatic carbocycles. The fourth-order valence-electron chi connectivity index (χ4n) is 2.21. The highest BCUT2D eigenvalue weighted by atomic mass is 32.1. The van der Waals surface area contributed by atoms with Crippen molar-refractivity contribution in [1.29, 1.82) is 0 Å². The maximum Gasteiger partial charge on any atom is 0.0632 e. The van der Waals surface area contributed by atoms with E-state index in [2.05, 4.69) is 53.7 Å². The Morgan fingerprint density at radius 2 is 1.30 bits per heavy atom. The van der Waals surface area contributed by atoms with Gasteiger partial charge in [0.2, 0.25) is 0 Å². The van der Waals surface area contributed by atoms with Gasteiger partial charge in [0, 0.05) is 19.2 Å². The summed E-state index contributed by atoms with van der Waals surface area (Å²) in [7, 11) is 0. The second kappa shape index (κ2) is 4.56. The highest BCUT2D eigenvalue weighted by Crippen LogP contribution is 2.48. The zero-order chi connectivity index (χ0) is 14.7. The van der Waals surface area contributed by atoms with Gasteiger partial charge in [-0.15, -0.1) is 34.0 Å². The Hall–Kier alpha value is -0.380. The van der Waals surface area contributed by atoms with E-state index in [1.807, 2.05) is 34.0 Å². The van der Waals surface area contributed by atoms with E-state index in [4.69, 9.17) is 0 Å². The van der Waals surface area contributed by atoms with Crippen molar-refractivity contribution >= 4 is 52.8 Å². The Morgan fingerprint density at radius 1 is 0.800 bits per heavy atom. The van der Waals surface area contributed by atoms with E-state index in [0.29, 0.717) is 5.41 Å². The topological polar surface area (TPSA) is 0 Å². The molecule has 108 valence electrons. The SMILES string of the molecule is CCC(C)(C)c1cc2sc3cc(C(C)(C)C)sc3c2s1. The fourth-order valence-corrected chi connectivity index (χ4v) is 6.47. The Labute approximate surface area is 133 Å². The van der Waals surface area contributed by atoms with Crippen LogP contribution in [0.1, 0.15) is 57.7 Å². The molecular formula is C17H22S3. The molecule has 0 bridgehead atoms. The summed E-state index contributed by atoms with van der Waals surface area (Å²) >= 11 is 5.97. The first-order valence-corrected chi connectivity index (χ1v) is 9.64. The molecular weight excluding hydrogens is 300 g/mol. The zero-order valence-electron chi connectivity index (χ0n) is 13.1. The van der Waals surface area contributed by atoms with Gasteiger partial charge in [0.25, 0.3) is 0 Å². The van der Waals surface area contributed by atoms with Crippen LogP contribution in [-0.2, 0) is 10.8 Å². The summed E-state index contributed by atoms with van der Waals surface area (Å²) in [5.74, 6) is 0. The van der Waals surface area contributed by atoms with Crippen molar-refractivity contribution in [3.8, 4) is 0 Å². The van der Waals surface area contributed by atoms with Crippen molar-refractivity contribution in [2.45, 2.75) is 58.8 Å². The maximum absolute atomic E-state index is 2.43. The van der Waals surface area contributed by atoms with Crippen molar-refractivity contribution in [3.63, 3.8) is 0 Å². The molecule has 3 rings (SSSR count). The minimum Gasteiger partial charge on any atom is -0.137 e. The average molecular weight is 323 g/mol. The van der Waals surface area contributed by atoms with Crippen LogP contribution in [0.15, 0.2) is 12.1 Å². The molecule has 0 atom stereocenters. The van der Waals surface area contributed by atoms with Gasteiger partial charge in [0.05, 0.1) is 9.40 Å². The molecule has 0 aliphatic rings. The van der Waals surface area contributed by atoms with Gasteiger partial charge >= 0.3 is 0 Å². The molecule has 0 unspecified atom stereocenters. The molecule has 0 spiro atoms. The minimum absolute atomic E-state index is 0.262. The van der Waals surface area contributed by atoms with E-state index < -0.39 is 0 Å². The predicted molar refractivity (Wildman–Crippen MR) is 97.1 cm³/mol. The molecule has 3 heteroatoms. The fraction of sp³-hybridized carbons (Fsp3) is 0.529. The summed E-state index contributed by atoms with van der Waals surface area (Å²) in [4.78, 5) is 3.04. The van der Waals surface area contributed by atoms with Gasteiger partial charge in [-0.25, -0.2) is 0 Å². The van der Waals surface area contributed by atoms with Gasteiger partial charge in [-0.1, -0.05) is 41.5 Å². The molecule has 0 amide bonds. The minimum atomic E-state index is 0.262. The molecule has 3 aromatic rings. The van der Waals surface area contributed by atoms with Crippen molar-refractivity contribution in [2.24, 2.45) is 0 Å². The van der Waals surface area contributed by atoms with Crippen LogP contribution < -0.4 is 0 Å². The lowest BCUT2D eigenvalue weighted by molar-refractivity contribution is 0.517. The number of rotatable bonds is 2. The third-order valence-electron chi connectivity index (χ3n) is 4.11. The normalized spacial score (nSPS) is 13.7. The van der Waals surface area contributed by atoms with E-state index >= 15 is 0 Å². The Balaban J connectivity index is 2.18. The van der Waals surface area contributed by atoms with Crippen LogP contribution in [0.5, 0.6) is 0 Å². The van der Waals surface area contributed by atoms with Crippen molar-refractivity contribution < 1.29 is 0 Å². The van der Waals surface area contributed by atoms with Gasteiger partial charge in [-0.05, 0) is 29.4 Å². The Kier molecular flexibility index (Phi) is 3.32. The Morgan fingerprint density at radius 3 is 1.80 bits per heavy atom. The molecule has 0 nitrogen and oxygen atoms in total. The van der Waals surface area contributed by atoms with E-state index in [0.717, 1.165) is 0 Å². The first-order chi connectivity index (χ1) is 9.22. The number of thiophene rings is 3. The summed E-state index contributed by atoms with van der Waals surface area (Å²) in [5, 5.41) is 0. The van der Waals surface area contributed by atoms with Gasteiger partial charge in [0.15, 0.2) is 0 Å². The number of hydrogen-bond donors (Lipinski definition) is 0. The predicted octanol–water partition coefficient (Wildman–Crippen LogP) is 7.16. The lowest BCUT2D eigenvalue weighted by Gasteiger charge is -2.20. The summed E-state index contributed by atoms with van der Waals surface area (Å²) in [6.45, 7) is 13.9. The molecule has 0 saturated carbocycles. The van der Waals surface area contributed by atoms with Crippen LogP contribution in [-0.4, -0.2) is 0 Å². The molecule has 0 radical (unpaired) electrons. The van der Waals surface area contributed by atoms with Crippen LogP contribution in [0.4, 0.5) is 0 Å². The molecule has 0 fully saturated rings. The largest absolute Gasteiger partial charge is 0.137 e. The van der Waals surface area contributed by atoms with Gasteiger partial charge in [-0.3, -0.25) is 0 Å². The summed E-state index contributed by atoms with van der Waals surface area (Å²) in [5.41, 5.74) is 0.568. The Bertz CT molecular complexity index is 759. The number of fused-ring (bicyclic) bond motifs is 3. The van der Waals surface area contributed by atoms with Crippen molar-refractivity contribution in [1.82, 2.24) is 0 Å². The molecule has 20 heavy (non-hydrogen) atoms. The average Bonchev–Trinajstić information content (AvgIpc) is 2.96. The number of hydrogen-bond acceptors (Lipinski definition) is 3. The van der Waals surface area contributed by atoms with E-state index in [-0.39, 0.29) is 5.41 Å². The standard InChI is InChI=1S/C17H22S3/c1-7-17(5,6)13-9-11-15(20-13)14-10(18-11)8-12(19-14)16(2,3)4/h8-9H,7H2,1-6H3. The summed E-state index contributed by atoms with van der Waals surface area (Å²) in [6.07, 6.45) is 1.20.